The number of hydrogen-bond acceptors (Lipinski definition) is 9. The first kappa shape index (κ1) is 26.6. The van der Waals surface area contributed by atoms with E-state index in [4.69, 9.17) is 23.7 Å². The van der Waals surface area contributed by atoms with Crippen LogP contribution in [0, 0.1) is 0 Å². The van der Waals surface area contributed by atoms with Crippen LogP contribution in [-0.2, 0) is 25.1 Å². The maximum absolute atomic E-state index is 12.8. The molecule has 0 unspecified atom stereocenters. The molecule has 0 radical (unpaired) electrons. The summed E-state index contributed by atoms with van der Waals surface area (Å²) in [7, 11) is 2.29. The van der Waals surface area contributed by atoms with E-state index in [0.29, 0.717) is 39.8 Å². The van der Waals surface area contributed by atoms with E-state index in [9.17, 15) is 13.2 Å². The summed E-state index contributed by atoms with van der Waals surface area (Å²) >= 11 is 0. The second kappa shape index (κ2) is 12.5. The molecule has 0 bridgehead atoms. The Morgan fingerprint density at radius 2 is 1.59 bits per heavy atom. The predicted octanol–water partition coefficient (Wildman–Crippen LogP) is 3.80. The summed E-state index contributed by atoms with van der Waals surface area (Å²) in [6.07, 6.45) is 4.05. The lowest BCUT2D eigenvalue weighted by atomic mass is 10.1. The molecule has 0 aliphatic rings. The van der Waals surface area contributed by atoms with Crippen molar-refractivity contribution in [3.05, 3.63) is 59.1 Å². The average Bonchev–Trinajstić information content (AvgIpc) is 2.82. The highest BCUT2D eigenvalue weighted by Gasteiger charge is 2.14. The van der Waals surface area contributed by atoms with E-state index < -0.39 is 15.8 Å². The van der Waals surface area contributed by atoms with Crippen LogP contribution >= 0.6 is 0 Å². The third kappa shape index (κ3) is 7.45. The summed E-state index contributed by atoms with van der Waals surface area (Å²) in [4.78, 5) is 11.5. The summed E-state index contributed by atoms with van der Waals surface area (Å²) < 4.78 is 51.7. The predicted molar refractivity (Wildman–Crippen MR) is 130 cm³/mol. The molecule has 0 aliphatic heterocycles. The molecule has 0 spiro atoms. The van der Waals surface area contributed by atoms with Crippen LogP contribution in [0.25, 0.3) is 6.08 Å². The van der Waals surface area contributed by atoms with Crippen LogP contribution < -0.4 is 24.3 Å². The highest BCUT2D eigenvalue weighted by molar-refractivity contribution is 7.93. The van der Waals surface area contributed by atoms with Crippen LogP contribution in [-0.4, -0.2) is 49.4 Å². The number of carbonyl (C=O) groups is 1. The number of anilines is 1. The summed E-state index contributed by atoms with van der Waals surface area (Å²) in [6, 6.07) is 8.21. The zero-order valence-corrected chi connectivity index (χ0v) is 20.6. The minimum atomic E-state index is -3.66. The molecule has 0 amide bonds. The summed E-state index contributed by atoms with van der Waals surface area (Å²) in [5.74, 6) is 1.06. The maximum atomic E-state index is 12.8. The van der Waals surface area contributed by atoms with Gasteiger partial charge in [-0.25, -0.2) is 13.2 Å². The van der Waals surface area contributed by atoms with Crippen molar-refractivity contribution in [2.45, 2.75) is 12.7 Å². The standard InChI is InChI=1S/C24H29NO8S/c1-6-33-24(26)9-11-25-20-13-17(7-8-21(20)30-3)16-34(27,28)12-10-19-22(31-4)14-18(29-2)15-23(19)32-5/h7-15,25H,6,16H2,1-5H3/b11-9+,12-10+. The Balaban J connectivity index is 2.26. The SMILES string of the molecule is CCOC(=O)/C=C/Nc1cc(CS(=O)(=O)/C=C/c2c(OC)cc(OC)cc2OC)ccc1OC. The van der Waals surface area contributed by atoms with Crippen LogP contribution in [0.3, 0.4) is 0 Å². The van der Waals surface area contributed by atoms with E-state index in [2.05, 4.69) is 5.32 Å². The Morgan fingerprint density at radius 3 is 2.15 bits per heavy atom. The summed E-state index contributed by atoms with van der Waals surface area (Å²) in [5.41, 5.74) is 1.49. The van der Waals surface area contributed by atoms with Gasteiger partial charge in [-0.3, -0.25) is 0 Å². The Kier molecular flexibility index (Phi) is 9.81. The van der Waals surface area contributed by atoms with E-state index in [-0.39, 0.29) is 12.4 Å². The monoisotopic (exact) mass is 491 g/mol. The van der Waals surface area contributed by atoms with Gasteiger partial charge in [0, 0.05) is 29.8 Å². The van der Waals surface area contributed by atoms with Crippen molar-refractivity contribution < 1.29 is 36.9 Å². The minimum absolute atomic E-state index is 0.259. The number of benzene rings is 2. The quantitative estimate of drug-likeness (QED) is 0.350. The van der Waals surface area contributed by atoms with Crippen molar-refractivity contribution in [1.29, 1.82) is 0 Å². The van der Waals surface area contributed by atoms with Gasteiger partial charge in [-0.1, -0.05) is 6.07 Å². The molecule has 0 saturated heterocycles. The second-order valence-corrected chi connectivity index (χ2v) is 8.71. The van der Waals surface area contributed by atoms with Gasteiger partial charge < -0.3 is 29.0 Å². The van der Waals surface area contributed by atoms with E-state index in [0.717, 1.165) is 5.41 Å². The molecular formula is C24H29NO8S. The third-order valence-electron chi connectivity index (χ3n) is 4.57. The van der Waals surface area contributed by atoms with Crippen molar-refractivity contribution in [2.75, 3.05) is 40.4 Å². The van der Waals surface area contributed by atoms with Crippen LogP contribution in [0.2, 0.25) is 0 Å². The van der Waals surface area contributed by atoms with Crippen LogP contribution in [0.4, 0.5) is 5.69 Å². The number of rotatable bonds is 12. The minimum Gasteiger partial charge on any atom is -0.496 e. The number of carbonyl (C=O) groups excluding carboxylic acids is 1. The second-order valence-electron chi connectivity index (χ2n) is 6.82. The van der Waals surface area contributed by atoms with Gasteiger partial charge >= 0.3 is 5.97 Å². The number of methoxy groups -OCH3 is 4. The molecular weight excluding hydrogens is 462 g/mol. The fourth-order valence-electron chi connectivity index (χ4n) is 3.00. The fourth-order valence-corrected chi connectivity index (χ4v) is 4.08. The van der Waals surface area contributed by atoms with Gasteiger partial charge in [-0.2, -0.15) is 0 Å². The first-order valence-electron chi connectivity index (χ1n) is 10.2. The molecule has 1 N–H and O–H groups in total. The number of sulfone groups is 1. The van der Waals surface area contributed by atoms with Gasteiger partial charge in [0.15, 0.2) is 9.84 Å². The van der Waals surface area contributed by atoms with E-state index in [1.165, 1.54) is 46.8 Å². The molecule has 2 aromatic carbocycles. The lowest BCUT2D eigenvalue weighted by Gasteiger charge is -2.12. The number of esters is 1. The lowest BCUT2D eigenvalue weighted by molar-refractivity contribution is -0.137. The van der Waals surface area contributed by atoms with Gasteiger partial charge in [0.05, 0.1) is 52.0 Å². The van der Waals surface area contributed by atoms with Gasteiger partial charge in [0.2, 0.25) is 0 Å². The van der Waals surface area contributed by atoms with Gasteiger partial charge in [-0.05, 0) is 30.7 Å². The van der Waals surface area contributed by atoms with Crippen molar-refractivity contribution >= 4 is 27.6 Å². The van der Waals surface area contributed by atoms with E-state index in [1.807, 2.05) is 0 Å². The van der Waals surface area contributed by atoms with Crippen LogP contribution in [0.5, 0.6) is 23.0 Å². The van der Waals surface area contributed by atoms with Crippen LogP contribution in [0.15, 0.2) is 48.0 Å². The molecule has 34 heavy (non-hydrogen) atoms. The van der Waals surface area contributed by atoms with Crippen molar-refractivity contribution in [3.63, 3.8) is 0 Å². The smallest absolute Gasteiger partial charge is 0.332 e. The third-order valence-corrected chi connectivity index (χ3v) is 5.86. The topological polar surface area (TPSA) is 109 Å². The van der Waals surface area contributed by atoms with Crippen LogP contribution in [0.1, 0.15) is 18.1 Å². The first-order chi connectivity index (χ1) is 16.3. The summed E-state index contributed by atoms with van der Waals surface area (Å²) in [5, 5.41) is 4.02. The number of hydrogen-bond donors (Lipinski definition) is 1. The summed E-state index contributed by atoms with van der Waals surface area (Å²) in [6.45, 7) is 1.98. The van der Waals surface area contributed by atoms with Crippen molar-refractivity contribution in [2.24, 2.45) is 0 Å². The molecule has 9 nitrogen and oxygen atoms in total. The van der Waals surface area contributed by atoms with Crippen molar-refractivity contribution in [1.82, 2.24) is 0 Å². The number of nitrogens with one attached hydrogen (secondary N) is 1. The van der Waals surface area contributed by atoms with E-state index in [1.54, 1.807) is 37.3 Å². The lowest BCUT2D eigenvalue weighted by Crippen LogP contribution is -2.03. The zero-order valence-electron chi connectivity index (χ0n) is 19.8. The number of ether oxygens (including phenoxy) is 5. The van der Waals surface area contributed by atoms with E-state index >= 15 is 0 Å². The molecule has 0 aromatic heterocycles. The normalized spacial score (nSPS) is 11.4. The van der Waals surface area contributed by atoms with Gasteiger partial charge in [0.1, 0.15) is 23.0 Å². The van der Waals surface area contributed by atoms with Gasteiger partial charge in [0.25, 0.3) is 0 Å². The molecule has 184 valence electrons. The maximum Gasteiger partial charge on any atom is 0.332 e. The molecule has 0 heterocycles. The molecule has 0 atom stereocenters. The first-order valence-corrected chi connectivity index (χ1v) is 12.0. The average molecular weight is 492 g/mol. The Morgan fingerprint density at radius 1 is 0.941 bits per heavy atom. The van der Waals surface area contributed by atoms with Crippen molar-refractivity contribution in [3.8, 4) is 23.0 Å². The fraction of sp³-hybridized carbons (Fsp3) is 0.292. The molecule has 2 aromatic rings. The molecule has 0 saturated carbocycles. The molecule has 2 rings (SSSR count). The van der Waals surface area contributed by atoms with Gasteiger partial charge in [-0.15, -0.1) is 0 Å². The zero-order chi connectivity index (χ0) is 25.1. The molecule has 10 heteroatoms. The highest BCUT2D eigenvalue weighted by atomic mass is 32.2. The molecule has 0 aliphatic carbocycles. The molecule has 0 fully saturated rings. The highest BCUT2D eigenvalue weighted by Crippen LogP contribution is 2.35. The Labute approximate surface area is 199 Å². The largest absolute Gasteiger partial charge is 0.496 e. The Hall–Kier alpha value is -3.66. The Bertz CT molecular complexity index is 1130.